The molecule has 5 nitrogen and oxygen atoms in total. The molecule has 0 atom stereocenters. The van der Waals surface area contributed by atoms with Crippen molar-refractivity contribution in [3.63, 3.8) is 0 Å². The minimum absolute atomic E-state index is 0.0184. The van der Waals surface area contributed by atoms with Crippen LogP contribution in [0.5, 0.6) is 0 Å². The van der Waals surface area contributed by atoms with Crippen LogP contribution in [0.25, 0.3) is 5.65 Å². The number of pyridine rings is 1. The molecule has 1 aliphatic carbocycles. The van der Waals surface area contributed by atoms with E-state index in [0.717, 1.165) is 12.8 Å². The van der Waals surface area contributed by atoms with Crippen LogP contribution in [0.15, 0.2) is 48.8 Å². The fourth-order valence-electron chi connectivity index (χ4n) is 4.20. The molecule has 150 valence electrons. The molecule has 1 saturated carbocycles. The van der Waals surface area contributed by atoms with Gasteiger partial charge < -0.3 is 4.90 Å². The zero-order valence-corrected chi connectivity index (χ0v) is 17.2. The molecule has 0 bridgehead atoms. The Hall–Kier alpha value is -2.66. The van der Waals surface area contributed by atoms with Gasteiger partial charge in [-0.3, -0.25) is 14.0 Å². The average molecular weight is 410 g/mol. The Morgan fingerprint density at radius 1 is 1.17 bits per heavy atom. The number of carbonyl (C=O) groups excluding carboxylic acids is 2. The van der Waals surface area contributed by atoms with Crippen molar-refractivity contribution < 1.29 is 9.59 Å². The highest BCUT2D eigenvalue weighted by atomic mass is 35.5. The van der Waals surface area contributed by atoms with E-state index in [2.05, 4.69) is 4.98 Å². The van der Waals surface area contributed by atoms with Crippen LogP contribution < -0.4 is 0 Å². The van der Waals surface area contributed by atoms with Gasteiger partial charge in [-0.25, -0.2) is 4.98 Å². The Labute approximate surface area is 175 Å². The van der Waals surface area contributed by atoms with Gasteiger partial charge in [0, 0.05) is 29.9 Å². The summed E-state index contributed by atoms with van der Waals surface area (Å²) in [6.07, 6.45) is 9.04. The molecule has 6 heteroatoms. The molecule has 3 aromatic rings. The quantitative estimate of drug-likeness (QED) is 0.556. The van der Waals surface area contributed by atoms with Crippen LogP contribution in [0.2, 0.25) is 5.02 Å². The number of aromatic nitrogens is 2. The molecular formula is C23H24ClN3O2. The molecule has 0 spiro atoms. The van der Waals surface area contributed by atoms with Crippen molar-refractivity contribution in [2.24, 2.45) is 0 Å². The molecule has 2 heterocycles. The Balaban J connectivity index is 1.60. The number of carbonyl (C=O) groups is 2. The summed E-state index contributed by atoms with van der Waals surface area (Å²) in [4.78, 5) is 32.3. The maximum Gasteiger partial charge on any atom is 0.254 e. The third-order valence-electron chi connectivity index (χ3n) is 5.73. The topological polar surface area (TPSA) is 54.7 Å². The highest BCUT2D eigenvalue weighted by Gasteiger charge is 2.26. The number of hydrogen-bond donors (Lipinski definition) is 0. The van der Waals surface area contributed by atoms with E-state index < -0.39 is 0 Å². The van der Waals surface area contributed by atoms with E-state index >= 15 is 0 Å². The lowest BCUT2D eigenvalue weighted by atomic mass is 9.93. The minimum Gasteiger partial charge on any atom is -0.336 e. The largest absolute Gasteiger partial charge is 0.336 e. The predicted octanol–water partition coefficient (Wildman–Crippen LogP) is 5.01. The van der Waals surface area contributed by atoms with Crippen LogP contribution in [0, 0.1) is 0 Å². The number of ketones is 1. The van der Waals surface area contributed by atoms with Crippen molar-refractivity contribution in [3.05, 3.63) is 70.6 Å². The van der Waals surface area contributed by atoms with Crippen molar-refractivity contribution in [1.82, 2.24) is 14.3 Å². The number of nitrogens with zero attached hydrogens (tertiary/aromatic N) is 3. The van der Waals surface area contributed by atoms with Crippen LogP contribution in [-0.4, -0.2) is 38.6 Å². The highest BCUT2D eigenvalue weighted by molar-refractivity contribution is 6.35. The zero-order chi connectivity index (χ0) is 20.4. The zero-order valence-electron chi connectivity index (χ0n) is 16.5. The summed E-state index contributed by atoms with van der Waals surface area (Å²) in [7, 11) is 0. The van der Waals surface area contributed by atoms with E-state index in [-0.39, 0.29) is 16.7 Å². The van der Waals surface area contributed by atoms with E-state index in [0.29, 0.717) is 35.1 Å². The van der Waals surface area contributed by atoms with Gasteiger partial charge in [0.2, 0.25) is 5.78 Å². The standard InChI is InChI=1S/C23H24ClN3O2/c1-2-26(17-8-4-3-5-9-17)23(29)16-11-12-18(19(24)14-16)22(28)20-15-25-21-10-6-7-13-27(20)21/h6-7,10-15,17H,2-5,8-9H2,1H3. The second-order valence-corrected chi connectivity index (χ2v) is 7.89. The van der Waals surface area contributed by atoms with E-state index in [1.165, 1.54) is 19.3 Å². The van der Waals surface area contributed by atoms with Crippen molar-refractivity contribution >= 4 is 28.9 Å². The number of amides is 1. The highest BCUT2D eigenvalue weighted by Crippen LogP contribution is 2.26. The number of halogens is 1. The van der Waals surface area contributed by atoms with Crippen molar-refractivity contribution in [2.75, 3.05) is 6.54 Å². The van der Waals surface area contributed by atoms with Crippen LogP contribution >= 0.6 is 11.6 Å². The summed E-state index contributed by atoms with van der Waals surface area (Å²) < 4.78 is 1.74. The van der Waals surface area contributed by atoms with Gasteiger partial charge in [0.1, 0.15) is 11.3 Å². The second-order valence-electron chi connectivity index (χ2n) is 7.48. The summed E-state index contributed by atoms with van der Waals surface area (Å²) in [5.74, 6) is -0.234. The first kappa shape index (κ1) is 19.6. The lowest BCUT2D eigenvalue weighted by molar-refractivity contribution is 0.0647. The maximum absolute atomic E-state index is 13.1. The fourth-order valence-corrected chi connectivity index (χ4v) is 4.46. The van der Waals surface area contributed by atoms with E-state index in [4.69, 9.17) is 11.6 Å². The number of rotatable bonds is 5. The van der Waals surface area contributed by atoms with Gasteiger partial charge in [-0.15, -0.1) is 0 Å². The molecule has 0 aliphatic heterocycles. The molecule has 1 aromatic carbocycles. The first-order valence-electron chi connectivity index (χ1n) is 10.2. The molecule has 2 aromatic heterocycles. The van der Waals surface area contributed by atoms with Crippen LogP contribution in [0.1, 0.15) is 65.4 Å². The summed E-state index contributed by atoms with van der Waals surface area (Å²) in [6, 6.07) is 10.8. The molecular weight excluding hydrogens is 386 g/mol. The first-order valence-corrected chi connectivity index (χ1v) is 10.5. The number of fused-ring (bicyclic) bond motifs is 1. The maximum atomic E-state index is 13.1. The molecule has 1 aliphatic rings. The van der Waals surface area contributed by atoms with Gasteiger partial charge in [-0.2, -0.15) is 0 Å². The summed E-state index contributed by atoms with van der Waals surface area (Å²) in [5, 5.41) is 0.284. The average Bonchev–Trinajstić information content (AvgIpc) is 3.18. The van der Waals surface area contributed by atoms with Crippen molar-refractivity contribution in [3.8, 4) is 0 Å². The van der Waals surface area contributed by atoms with Gasteiger partial charge in [-0.1, -0.05) is 36.9 Å². The monoisotopic (exact) mass is 409 g/mol. The van der Waals surface area contributed by atoms with Gasteiger partial charge in [0.25, 0.3) is 5.91 Å². The molecule has 0 radical (unpaired) electrons. The molecule has 0 saturated heterocycles. The summed E-state index contributed by atoms with van der Waals surface area (Å²) in [5.41, 5.74) is 2.04. The SMILES string of the molecule is CCN(C(=O)c1ccc(C(=O)c2cnc3ccccn23)c(Cl)c1)C1CCCCC1. The fraction of sp³-hybridized carbons (Fsp3) is 0.348. The van der Waals surface area contributed by atoms with Gasteiger partial charge in [0.05, 0.1) is 11.2 Å². The Morgan fingerprint density at radius 3 is 2.69 bits per heavy atom. The molecule has 4 rings (SSSR count). The normalized spacial score (nSPS) is 14.8. The van der Waals surface area contributed by atoms with E-state index in [1.54, 1.807) is 35.0 Å². The molecule has 29 heavy (non-hydrogen) atoms. The predicted molar refractivity (Wildman–Crippen MR) is 114 cm³/mol. The van der Waals surface area contributed by atoms with Gasteiger partial charge >= 0.3 is 0 Å². The van der Waals surface area contributed by atoms with E-state index in [1.807, 2.05) is 30.0 Å². The third-order valence-corrected chi connectivity index (χ3v) is 6.04. The third kappa shape index (κ3) is 3.79. The Morgan fingerprint density at radius 2 is 1.97 bits per heavy atom. The molecule has 1 fully saturated rings. The number of hydrogen-bond acceptors (Lipinski definition) is 3. The van der Waals surface area contributed by atoms with Gasteiger partial charge in [0.15, 0.2) is 0 Å². The van der Waals surface area contributed by atoms with Crippen molar-refractivity contribution in [1.29, 1.82) is 0 Å². The minimum atomic E-state index is -0.215. The second kappa shape index (κ2) is 8.37. The lowest BCUT2D eigenvalue weighted by Crippen LogP contribution is -2.41. The van der Waals surface area contributed by atoms with Crippen LogP contribution in [0.4, 0.5) is 0 Å². The van der Waals surface area contributed by atoms with Gasteiger partial charge in [-0.05, 0) is 50.1 Å². The lowest BCUT2D eigenvalue weighted by Gasteiger charge is -2.33. The summed E-state index contributed by atoms with van der Waals surface area (Å²) in [6.45, 7) is 2.68. The summed E-state index contributed by atoms with van der Waals surface area (Å²) >= 11 is 6.45. The Bertz CT molecular complexity index is 1050. The smallest absolute Gasteiger partial charge is 0.254 e. The van der Waals surface area contributed by atoms with Crippen LogP contribution in [0.3, 0.4) is 0 Å². The number of benzene rings is 1. The van der Waals surface area contributed by atoms with Crippen molar-refractivity contribution in [2.45, 2.75) is 45.1 Å². The number of imidazole rings is 1. The van der Waals surface area contributed by atoms with Crippen LogP contribution in [-0.2, 0) is 0 Å². The Kier molecular flexibility index (Phi) is 5.67. The molecule has 0 N–H and O–H groups in total. The molecule has 0 unspecified atom stereocenters. The molecule has 1 amide bonds. The first-order chi connectivity index (χ1) is 14.1. The van der Waals surface area contributed by atoms with E-state index in [9.17, 15) is 9.59 Å².